The van der Waals surface area contributed by atoms with Crippen LogP contribution < -0.4 is 9.64 Å². The van der Waals surface area contributed by atoms with Crippen LogP contribution in [0.15, 0.2) is 24.4 Å². The molecule has 0 aromatic heterocycles. The fraction of sp³-hybridized carbons (Fsp3) is 0.375. The van der Waals surface area contributed by atoms with E-state index in [9.17, 15) is 9.59 Å². The van der Waals surface area contributed by atoms with Crippen LogP contribution in [0.2, 0.25) is 0 Å². The van der Waals surface area contributed by atoms with Crippen LogP contribution in [0.3, 0.4) is 0 Å². The zero-order chi connectivity index (χ0) is 15.8. The summed E-state index contributed by atoms with van der Waals surface area (Å²) in [6.45, 7) is 6.30. The van der Waals surface area contributed by atoms with Crippen molar-refractivity contribution >= 4 is 40.0 Å². The van der Waals surface area contributed by atoms with Crippen LogP contribution in [0.4, 0.5) is 5.69 Å². The third kappa shape index (κ3) is 3.28. The number of nitrogens with zero attached hydrogens (tertiary/aromatic N) is 1. The molecule has 0 bridgehead atoms. The van der Waals surface area contributed by atoms with E-state index in [1.807, 2.05) is 12.1 Å². The van der Waals surface area contributed by atoms with Gasteiger partial charge >= 0.3 is 0 Å². The van der Waals surface area contributed by atoms with Gasteiger partial charge in [0.25, 0.3) is 0 Å². The van der Waals surface area contributed by atoms with Crippen LogP contribution in [0, 0.1) is 3.57 Å². The maximum absolute atomic E-state index is 12.1. The van der Waals surface area contributed by atoms with Gasteiger partial charge in [-0.2, -0.15) is 0 Å². The molecule has 0 unspecified atom stereocenters. The molecular formula is C16H18INO3. The summed E-state index contributed by atoms with van der Waals surface area (Å²) in [7, 11) is 1.65. The van der Waals surface area contributed by atoms with Crippen molar-refractivity contribution in [3.8, 4) is 5.75 Å². The first-order valence-corrected chi connectivity index (χ1v) is 7.73. The second kappa shape index (κ2) is 5.79. The highest BCUT2D eigenvalue weighted by Crippen LogP contribution is 2.38. The van der Waals surface area contributed by atoms with Crippen molar-refractivity contribution in [3.63, 3.8) is 0 Å². The number of halogens is 1. The van der Waals surface area contributed by atoms with Gasteiger partial charge in [-0.25, -0.2) is 0 Å². The summed E-state index contributed by atoms with van der Waals surface area (Å²) in [5.74, 6) is 0.468. The number of hydrogen-bond donors (Lipinski definition) is 0. The third-order valence-corrected chi connectivity index (χ3v) is 4.12. The number of amides is 1. The summed E-state index contributed by atoms with van der Waals surface area (Å²) in [6.07, 6.45) is 2.90. The lowest BCUT2D eigenvalue weighted by molar-refractivity contribution is -0.124. The summed E-state index contributed by atoms with van der Waals surface area (Å²) in [5.41, 5.74) is 1.68. The van der Waals surface area contributed by atoms with Crippen molar-refractivity contribution in [1.29, 1.82) is 0 Å². The first-order valence-electron chi connectivity index (χ1n) is 6.65. The van der Waals surface area contributed by atoms with Crippen molar-refractivity contribution < 1.29 is 14.3 Å². The number of allylic oxidation sites excluding steroid dienone is 1. The summed E-state index contributed by atoms with van der Waals surface area (Å²) in [5, 5.41) is 0. The zero-order valence-electron chi connectivity index (χ0n) is 12.6. The molecule has 0 spiro atoms. The number of anilines is 1. The molecule has 0 radical (unpaired) electrons. The molecule has 0 saturated heterocycles. The van der Waals surface area contributed by atoms with E-state index in [4.69, 9.17) is 4.74 Å². The second-order valence-electron chi connectivity index (χ2n) is 5.98. The largest absolute Gasteiger partial charge is 0.495 e. The van der Waals surface area contributed by atoms with Gasteiger partial charge in [-0.15, -0.1) is 0 Å². The molecule has 0 saturated carbocycles. The van der Waals surface area contributed by atoms with Crippen LogP contribution in [0.1, 0.15) is 32.8 Å². The van der Waals surface area contributed by atoms with Gasteiger partial charge in [-0.3, -0.25) is 14.5 Å². The molecule has 1 aliphatic rings. The minimum Gasteiger partial charge on any atom is -0.495 e. The minimum atomic E-state index is -0.205. The monoisotopic (exact) mass is 399 g/mol. The highest BCUT2D eigenvalue weighted by molar-refractivity contribution is 14.1. The van der Waals surface area contributed by atoms with Crippen molar-refractivity contribution in [2.24, 2.45) is 0 Å². The van der Waals surface area contributed by atoms with Crippen LogP contribution in [0.5, 0.6) is 5.75 Å². The zero-order valence-corrected chi connectivity index (χ0v) is 14.7. The Morgan fingerprint density at radius 3 is 2.43 bits per heavy atom. The van der Waals surface area contributed by atoms with E-state index in [0.29, 0.717) is 0 Å². The molecule has 1 amide bonds. The van der Waals surface area contributed by atoms with Gasteiger partial charge in [0.05, 0.1) is 17.1 Å². The van der Waals surface area contributed by atoms with Crippen molar-refractivity contribution in [2.75, 3.05) is 12.0 Å². The first kappa shape index (κ1) is 16.0. The molecule has 0 N–H and O–H groups in total. The molecule has 1 aromatic carbocycles. The van der Waals surface area contributed by atoms with Crippen LogP contribution >= 0.6 is 22.6 Å². The van der Waals surface area contributed by atoms with Crippen molar-refractivity contribution in [3.05, 3.63) is 33.5 Å². The molecule has 1 aliphatic heterocycles. The van der Waals surface area contributed by atoms with E-state index in [1.54, 1.807) is 13.3 Å². The average molecular weight is 399 g/mol. The molecule has 1 heterocycles. The van der Waals surface area contributed by atoms with Crippen molar-refractivity contribution in [2.45, 2.75) is 32.6 Å². The van der Waals surface area contributed by atoms with Crippen molar-refractivity contribution in [1.82, 2.24) is 0 Å². The van der Waals surface area contributed by atoms with E-state index >= 15 is 0 Å². The molecule has 112 valence electrons. The standard InChI is InChI=1S/C16H18INO3/c1-16(2,3)12-7-10(8-13(17)15(12)21-4)18-6-5-11(19)9-14(18)20/h5-8H,9H2,1-4H3. The van der Waals surface area contributed by atoms with Crippen LogP contribution in [-0.4, -0.2) is 18.8 Å². The Kier molecular flexibility index (Phi) is 4.41. The lowest BCUT2D eigenvalue weighted by atomic mass is 9.86. The number of rotatable bonds is 2. The summed E-state index contributed by atoms with van der Waals surface area (Å²) >= 11 is 2.20. The van der Waals surface area contributed by atoms with Gasteiger partial charge in [0.1, 0.15) is 5.75 Å². The molecule has 0 fully saturated rings. The highest BCUT2D eigenvalue weighted by Gasteiger charge is 2.26. The molecule has 4 nitrogen and oxygen atoms in total. The Morgan fingerprint density at radius 1 is 1.24 bits per heavy atom. The molecule has 0 atom stereocenters. The molecule has 1 aromatic rings. The predicted octanol–water partition coefficient (Wildman–Crippen LogP) is 3.42. The van der Waals surface area contributed by atoms with Gasteiger partial charge < -0.3 is 4.74 Å². The Bertz CT molecular complexity index is 629. The topological polar surface area (TPSA) is 46.6 Å². The fourth-order valence-electron chi connectivity index (χ4n) is 2.25. The Balaban J connectivity index is 2.56. The third-order valence-electron chi connectivity index (χ3n) is 3.32. The molecule has 5 heteroatoms. The van der Waals surface area contributed by atoms with Gasteiger partial charge in [-0.1, -0.05) is 20.8 Å². The van der Waals surface area contributed by atoms with Gasteiger partial charge in [0, 0.05) is 17.5 Å². The Morgan fingerprint density at radius 2 is 1.90 bits per heavy atom. The number of ketones is 1. The highest BCUT2D eigenvalue weighted by atomic mass is 127. The Labute approximate surface area is 138 Å². The molecular weight excluding hydrogens is 381 g/mol. The number of hydrogen-bond acceptors (Lipinski definition) is 3. The summed E-state index contributed by atoms with van der Waals surface area (Å²) in [4.78, 5) is 24.9. The smallest absolute Gasteiger partial charge is 0.238 e. The quantitative estimate of drug-likeness (QED) is 0.566. The van der Waals surface area contributed by atoms with Gasteiger partial charge in [0.15, 0.2) is 5.78 Å². The maximum Gasteiger partial charge on any atom is 0.238 e. The van der Waals surface area contributed by atoms with Gasteiger partial charge in [0.2, 0.25) is 5.91 Å². The number of benzene rings is 1. The van der Waals surface area contributed by atoms with E-state index in [-0.39, 0.29) is 23.5 Å². The molecule has 21 heavy (non-hydrogen) atoms. The van der Waals surface area contributed by atoms with E-state index in [0.717, 1.165) is 20.6 Å². The average Bonchev–Trinajstić information content (AvgIpc) is 2.36. The van der Waals surface area contributed by atoms with Crippen LogP contribution in [-0.2, 0) is 15.0 Å². The molecule has 0 aliphatic carbocycles. The normalized spacial score (nSPS) is 15.6. The SMILES string of the molecule is COc1c(I)cc(N2C=CC(=O)CC2=O)cc1C(C)(C)C. The number of carbonyl (C=O) groups is 2. The number of methoxy groups -OCH3 is 1. The lowest BCUT2D eigenvalue weighted by Crippen LogP contribution is -2.31. The number of ether oxygens (including phenoxy) is 1. The minimum absolute atomic E-state index is 0.0794. The van der Waals surface area contributed by atoms with E-state index in [1.165, 1.54) is 11.0 Å². The first-order chi connectivity index (χ1) is 9.74. The second-order valence-corrected chi connectivity index (χ2v) is 7.14. The summed E-state index contributed by atoms with van der Waals surface area (Å²) in [6, 6.07) is 3.85. The van der Waals surface area contributed by atoms with E-state index in [2.05, 4.69) is 43.4 Å². The maximum atomic E-state index is 12.1. The lowest BCUT2D eigenvalue weighted by Gasteiger charge is -2.27. The summed E-state index contributed by atoms with van der Waals surface area (Å²) < 4.78 is 6.45. The van der Waals surface area contributed by atoms with Crippen LogP contribution in [0.25, 0.3) is 0 Å². The fourth-order valence-corrected chi connectivity index (χ4v) is 3.08. The van der Waals surface area contributed by atoms with Gasteiger partial charge in [-0.05, 0) is 46.2 Å². The van der Waals surface area contributed by atoms with E-state index < -0.39 is 0 Å². The number of carbonyl (C=O) groups excluding carboxylic acids is 2. The predicted molar refractivity (Wildman–Crippen MR) is 90.7 cm³/mol. The Hall–Kier alpha value is -1.37. The molecule has 2 rings (SSSR count).